The summed E-state index contributed by atoms with van der Waals surface area (Å²) in [5.74, 6) is 0. The summed E-state index contributed by atoms with van der Waals surface area (Å²) in [6.45, 7) is 0. The molecule has 266 valence electrons. The Bertz CT molecular complexity index is 3490. The first kappa shape index (κ1) is 31.7. The molecule has 9 aromatic carbocycles. The van der Waals surface area contributed by atoms with Crippen molar-refractivity contribution in [3.05, 3.63) is 212 Å². The number of fused-ring (bicyclic) bond motifs is 9. The Balaban J connectivity index is 1.03. The third-order valence-electron chi connectivity index (χ3n) is 11.8. The van der Waals surface area contributed by atoms with Gasteiger partial charge in [-0.15, -0.1) is 0 Å². The van der Waals surface area contributed by atoms with Crippen molar-refractivity contribution in [3.63, 3.8) is 0 Å². The highest BCUT2D eigenvalue weighted by atomic mass is 15.0. The fourth-order valence-corrected chi connectivity index (χ4v) is 9.32. The van der Waals surface area contributed by atoms with Gasteiger partial charge >= 0.3 is 0 Å². The summed E-state index contributed by atoms with van der Waals surface area (Å²) in [7, 11) is 0. The lowest BCUT2D eigenvalue weighted by Gasteiger charge is -2.12. The molecule has 0 saturated heterocycles. The van der Waals surface area contributed by atoms with Crippen LogP contribution in [0.15, 0.2) is 212 Å². The van der Waals surface area contributed by atoms with Crippen LogP contribution in [0.5, 0.6) is 0 Å². The Hall–Kier alpha value is -7.62. The Morgan fingerprint density at radius 3 is 1.30 bits per heavy atom. The minimum Gasteiger partial charge on any atom is -0.309 e. The van der Waals surface area contributed by atoms with E-state index in [1.54, 1.807) is 0 Å². The van der Waals surface area contributed by atoms with Gasteiger partial charge in [-0.2, -0.15) is 0 Å². The van der Waals surface area contributed by atoms with Crippen LogP contribution in [-0.4, -0.2) is 13.7 Å². The van der Waals surface area contributed by atoms with Gasteiger partial charge in [0.2, 0.25) is 0 Å². The van der Waals surface area contributed by atoms with E-state index in [1.165, 1.54) is 93.4 Å². The summed E-state index contributed by atoms with van der Waals surface area (Å²) in [5, 5.41) is 7.48. The summed E-state index contributed by atoms with van der Waals surface area (Å²) >= 11 is 0. The minimum atomic E-state index is 1.16. The maximum atomic E-state index is 2.47. The number of hydrogen-bond donors (Lipinski definition) is 0. The van der Waals surface area contributed by atoms with Crippen LogP contribution < -0.4 is 0 Å². The third-order valence-corrected chi connectivity index (χ3v) is 11.8. The topological polar surface area (TPSA) is 14.8 Å². The van der Waals surface area contributed by atoms with Crippen molar-refractivity contribution in [2.24, 2.45) is 0 Å². The molecule has 3 heterocycles. The van der Waals surface area contributed by atoms with Crippen molar-refractivity contribution in [1.29, 1.82) is 0 Å². The minimum absolute atomic E-state index is 1.16. The van der Waals surface area contributed by atoms with Crippen LogP contribution in [0.25, 0.3) is 105 Å². The van der Waals surface area contributed by atoms with Gasteiger partial charge in [0.15, 0.2) is 0 Å². The molecule has 0 radical (unpaired) electrons. The van der Waals surface area contributed by atoms with Crippen LogP contribution >= 0.6 is 0 Å². The van der Waals surface area contributed by atoms with Gasteiger partial charge in [0.1, 0.15) is 0 Å². The lowest BCUT2D eigenvalue weighted by Crippen LogP contribution is -1.96. The molecule has 3 aromatic heterocycles. The third kappa shape index (κ3) is 4.79. The zero-order valence-corrected chi connectivity index (χ0v) is 31.0. The van der Waals surface area contributed by atoms with Crippen molar-refractivity contribution >= 4 is 65.4 Å². The van der Waals surface area contributed by atoms with E-state index >= 15 is 0 Å². The van der Waals surface area contributed by atoms with Gasteiger partial charge in [0.25, 0.3) is 0 Å². The predicted octanol–water partition coefficient (Wildman–Crippen LogP) is 14.3. The SMILES string of the molecule is c1ccc(-c2ccc(-n3c4ccccc4c4cc(-c5ccc6c(c5)c5ccccc5n6-c5cccc6c5c5ccccc5n6-c5ccccc5)ccc43)cc2)cc1. The van der Waals surface area contributed by atoms with Crippen molar-refractivity contribution in [2.45, 2.75) is 0 Å². The monoisotopic (exact) mass is 725 g/mol. The van der Waals surface area contributed by atoms with E-state index in [9.17, 15) is 0 Å². The molecule has 57 heavy (non-hydrogen) atoms. The fraction of sp³-hybridized carbons (Fsp3) is 0. The van der Waals surface area contributed by atoms with E-state index in [4.69, 9.17) is 0 Å². The summed E-state index contributed by atoms with van der Waals surface area (Å²) < 4.78 is 7.26. The zero-order chi connectivity index (χ0) is 37.5. The van der Waals surface area contributed by atoms with Gasteiger partial charge in [-0.25, -0.2) is 0 Å². The smallest absolute Gasteiger partial charge is 0.0562 e. The molecule has 0 fully saturated rings. The molecular weight excluding hydrogens is 691 g/mol. The maximum Gasteiger partial charge on any atom is 0.0562 e. The Kier molecular flexibility index (Phi) is 6.93. The summed E-state index contributed by atoms with van der Waals surface area (Å²) in [4.78, 5) is 0. The van der Waals surface area contributed by atoms with E-state index < -0.39 is 0 Å². The molecule has 0 spiro atoms. The van der Waals surface area contributed by atoms with Crippen LogP contribution in [0.2, 0.25) is 0 Å². The molecule has 0 bridgehead atoms. The largest absolute Gasteiger partial charge is 0.309 e. The molecule has 0 unspecified atom stereocenters. The molecule has 0 atom stereocenters. The number of rotatable bonds is 5. The number of aromatic nitrogens is 3. The van der Waals surface area contributed by atoms with Crippen LogP contribution in [0.3, 0.4) is 0 Å². The van der Waals surface area contributed by atoms with E-state index in [2.05, 4.69) is 226 Å². The van der Waals surface area contributed by atoms with Crippen LogP contribution in [0.4, 0.5) is 0 Å². The van der Waals surface area contributed by atoms with E-state index in [0.29, 0.717) is 0 Å². The second-order valence-electron chi connectivity index (χ2n) is 14.9. The molecule has 3 heteroatoms. The van der Waals surface area contributed by atoms with Gasteiger partial charge in [0.05, 0.1) is 38.8 Å². The summed E-state index contributed by atoms with van der Waals surface area (Å²) in [6.07, 6.45) is 0. The van der Waals surface area contributed by atoms with E-state index in [0.717, 1.165) is 11.4 Å². The highest BCUT2D eigenvalue weighted by molar-refractivity contribution is 6.17. The molecule has 0 aliphatic rings. The normalized spacial score (nSPS) is 11.9. The standard InChI is InChI=1S/C54H35N3/c1-3-14-36(15-4-1)37-26-30-41(31-27-37)55-47-21-10-7-18-42(47)45-34-38(28-32-50(45)55)39-29-33-51-46(35-39)43-19-8-11-22-48(43)57(51)53-25-13-24-52-54(53)44-20-9-12-23-49(44)56(52)40-16-5-2-6-17-40/h1-35H. The van der Waals surface area contributed by atoms with Gasteiger partial charge < -0.3 is 13.7 Å². The molecule has 0 N–H and O–H groups in total. The quantitative estimate of drug-likeness (QED) is 0.168. The molecule has 0 saturated carbocycles. The summed E-state index contributed by atoms with van der Waals surface area (Å²) in [5.41, 5.74) is 15.6. The fourth-order valence-electron chi connectivity index (χ4n) is 9.32. The zero-order valence-electron chi connectivity index (χ0n) is 31.0. The lowest BCUT2D eigenvalue weighted by molar-refractivity contribution is 1.17. The summed E-state index contributed by atoms with van der Waals surface area (Å²) in [6, 6.07) is 77.4. The predicted molar refractivity (Wildman–Crippen MR) is 240 cm³/mol. The highest BCUT2D eigenvalue weighted by Gasteiger charge is 2.20. The average Bonchev–Trinajstić information content (AvgIpc) is 3.92. The van der Waals surface area contributed by atoms with Gasteiger partial charge in [-0.3, -0.25) is 0 Å². The molecule has 0 amide bonds. The number of para-hydroxylation sites is 4. The number of benzene rings is 9. The molecule has 12 aromatic rings. The molecule has 0 aliphatic carbocycles. The van der Waals surface area contributed by atoms with E-state index in [1.807, 2.05) is 0 Å². The van der Waals surface area contributed by atoms with Crippen molar-refractivity contribution < 1.29 is 0 Å². The van der Waals surface area contributed by atoms with Crippen molar-refractivity contribution in [3.8, 4) is 39.3 Å². The van der Waals surface area contributed by atoms with Crippen molar-refractivity contribution in [1.82, 2.24) is 13.7 Å². The van der Waals surface area contributed by atoms with Crippen LogP contribution in [-0.2, 0) is 0 Å². The first-order valence-electron chi connectivity index (χ1n) is 19.6. The average molecular weight is 726 g/mol. The molecule has 12 rings (SSSR count). The van der Waals surface area contributed by atoms with Gasteiger partial charge in [-0.1, -0.05) is 133 Å². The number of hydrogen-bond acceptors (Lipinski definition) is 0. The first-order chi connectivity index (χ1) is 28.3. The van der Waals surface area contributed by atoms with Crippen LogP contribution in [0, 0.1) is 0 Å². The highest BCUT2D eigenvalue weighted by Crippen LogP contribution is 2.42. The van der Waals surface area contributed by atoms with Gasteiger partial charge in [-0.05, 0) is 101 Å². The first-order valence-corrected chi connectivity index (χ1v) is 19.6. The molecular formula is C54H35N3. The Labute approximate surface area is 329 Å². The maximum absolute atomic E-state index is 2.47. The molecule has 3 nitrogen and oxygen atoms in total. The second kappa shape index (κ2) is 12.5. The molecule has 0 aliphatic heterocycles. The Morgan fingerprint density at radius 2 is 0.649 bits per heavy atom. The van der Waals surface area contributed by atoms with Gasteiger partial charge in [0, 0.05) is 43.7 Å². The lowest BCUT2D eigenvalue weighted by atomic mass is 10.0. The van der Waals surface area contributed by atoms with Crippen molar-refractivity contribution in [2.75, 3.05) is 0 Å². The van der Waals surface area contributed by atoms with E-state index in [-0.39, 0.29) is 0 Å². The number of nitrogens with zero attached hydrogens (tertiary/aromatic N) is 3. The van der Waals surface area contributed by atoms with Crippen LogP contribution in [0.1, 0.15) is 0 Å². The second-order valence-corrected chi connectivity index (χ2v) is 14.9. The Morgan fingerprint density at radius 1 is 0.228 bits per heavy atom.